The van der Waals surface area contributed by atoms with E-state index in [-0.39, 0.29) is 18.4 Å². The third kappa shape index (κ3) is 3.14. The lowest BCUT2D eigenvalue weighted by Crippen LogP contribution is -2.51. The van der Waals surface area contributed by atoms with E-state index < -0.39 is 0 Å². The Balaban J connectivity index is 1.48. The fourth-order valence-electron chi connectivity index (χ4n) is 3.21. The molecule has 6 nitrogen and oxygen atoms in total. The molecule has 0 atom stereocenters. The maximum atomic E-state index is 12.5. The molecule has 136 valence electrons. The minimum absolute atomic E-state index is 0.00824. The smallest absolute Gasteiger partial charge is 0.260 e. The predicted molar refractivity (Wildman–Crippen MR) is 104 cm³/mol. The molecule has 1 saturated heterocycles. The Labute approximate surface area is 159 Å². The number of aryl methyl sites for hydroxylation is 1. The van der Waals surface area contributed by atoms with Gasteiger partial charge in [-0.25, -0.2) is 4.98 Å². The van der Waals surface area contributed by atoms with E-state index in [2.05, 4.69) is 4.98 Å². The largest absolute Gasteiger partial charge is 0.483 e. The quantitative estimate of drug-likeness (QED) is 0.691. The highest BCUT2D eigenvalue weighted by Gasteiger charge is 2.23. The summed E-state index contributed by atoms with van der Waals surface area (Å²) in [4.78, 5) is 32.0. The Hall–Kier alpha value is -2.19. The number of thiophene rings is 1. The van der Waals surface area contributed by atoms with Crippen LogP contribution in [0.5, 0.6) is 5.75 Å². The summed E-state index contributed by atoms with van der Waals surface area (Å²) in [6.07, 6.45) is 0. The number of benzene rings is 1. The van der Waals surface area contributed by atoms with Crippen molar-refractivity contribution in [2.45, 2.75) is 13.8 Å². The zero-order chi connectivity index (χ0) is 18.3. The van der Waals surface area contributed by atoms with E-state index in [9.17, 15) is 9.59 Å². The van der Waals surface area contributed by atoms with Crippen molar-refractivity contribution in [1.29, 1.82) is 0 Å². The molecule has 1 aliphatic heterocycles. The number of fused-ring (bicyclic) bond motifs is 3. The van der Waals surface area contributed by atoms with Crippen molar-refractivity contribution in [2.75, 3.05) is 32.8 Å². The van der Waals surface area contributed by atoms with Crippen LogP contribution in [0.4, 0.5) is 0 Å². The van der Waals surface area contributed by atoms with Crippen LogP contribution in [0.25, 0.3) is 20.3 Å². The average molecular weight is 390 g/mol. The third-order valence-corrected chi connectivity index (χ3v) is 6.44. The van der Waals surface area contributed by atoms with Gasteiger partial charge < -0.3 is 14.5 Å². The van der Waals surface area contributed by atoms with Crippen LogP contribution in [0.1, 0.15) is 11.9 Å². The highest BCUT2D eigenvalue weighted by atomic mass is 32.1. The molecular formula is C18H19N3O3S2. The monoisotopic (exact) mass is 389 g/mol. The molecule has 3 aromatic rings. The first kappa shape index (κ1) is 17.2. The molecule has 1 fully saturated rings. The zero-order valence-corrected chi connectivity index (χ0v) is 16.3. The van der Waals surface area contributed by atoms with Crippen LogP contribution in [-0.4, -0.2) is 59.4 Å². The molecule has 0 bridgehead atoms. The maximum absolute atomic E-state index is 12.5. The molecule has 26 heavy (non-hydrogen) atoms. The van der Waals surface area contributed by atoms with Gasteiger partial charge in [0, 0.05) is 44.6 Å². The number of aromatic nitrogens is 1. The van der Waals surface area contributed by atoms with E-state index >= 15 is 0 Å². The van der Waals surface area contributed by atoms with Crippen molar-refractivity contribution in [3.63, 3.8) is 0 Å². The Morgan fingerprint density at radius 2 is 1.96 bits per heavy atom. The lowest BCUT2D eigenvalue weighted by molar-refractivity contribution is -0.139. The number of ether oxygens (including phenoxy) is 1. The van der Waals surface area contributed by atoms with Crippen molar-refractivity contribution in [3.8, 4) is 5.75 Å². The molecular weight excluding hydrogens is 370 g/mol. The first-order chi connectivity index (χ1) is 12.5. The molecule has 1 aromatic carbocycles. The van der Waals surface area contributed by atoms with Gasteiger partial charge in [-0.1, -0.05) is 0 Å². The van der Waals surface area contributed by atoms with Crippen molar-refractivity contribution in [1.82, 2.24) is 14.8 Å². The molecule has 0 N–H and O–H groups in total. The third-order valence-electron chi connectivity index (χ3n) is 4.60. The van der Waals surface area contributed by atoms with Crippen molar-refractivity contribution in [2.24, 2.45) is 0 Å². The van der Waals surface area contributed by atoms with Gasteiger partial charge in [0.25, 0.3) is 5.91 Å². The van der Waals surface area contributed by atoms with Crippen molar-refractivity contribution < 1.29 is 14.3 Å². The molecule has 2 amide bonds. The molecule has 2 aromatic heterocycles. The van der Waals surface area contributed by atoms with Gasteiger partial charge in [0.15, 0.2) is 6.61 Å². The number of carbonyl (C=O) groups is 2. The first-order valence-electron chi connectivity index (χ1n) is 8.46. The van der Waals surface area contributed by atoms with Crippen molar-refractivity contribution in [3.05, 3.63) is 22.5 Å². The van der Waals surface area contributed by atoms with Gasteiger partial charge in [0.2, 0.25) is 5.91 Å². The average Bonchev–Trinajstić information content (AvgIpc) is 3.25. The summed E-state index contributed by atoms with van der Waals surface area (Å²) in [5.41, 5.74) is 1.01. The fraction of sp³-hybridized carbons (Fsp3) is 0.389. The SMILES string of the molecule is CC(=O)N1CCN(C(=O)COc2cc3sc(C)nc3c3sccc23)CC1. The number of nitrogens with zero attached hydrogens (tertiary/aromatic N) is 3. The highest BCUT2D eigenvalue weighted by Crippen LogP contribution is 2.38. The van der Waals surface area contributed by atoms with Crippen LogP contribution < -0.4 is 4.74 Å². The molecule has 0 aliphatic carbocycles. The number of hydrogen-bond acceptors (Lipinski definition) is 6. The Bertz CT molecular complexity index is 986. The molecule has 8 heteroatoms. The summed E-state index contributed by atoms with van der Waals surface area (Å²) in [7, 11) is 0. The van der Waals surface area contributed by atoms with Gasteiger partial charge in [-0.05, 0) is 18.4 Å². The number of piperazine rings is 1. The fourth-order valence-corrected chi connectivity index (χ4v) is 5.04. The first-order valence-corrected chi connectivity index (χ1v) is 10.2. The minimum Gasteiger partial charge on any atom is -0.483 e. The number of carbonyl (C=O) groups excluding carboxylic acids is 2. The highest BCUT2D eigenvalue weighted by molar-refractivity contribution is 7.21. The van der Waals surface area contributed by atoms with Crippen LogP contribution in [0.2, 0.25) is 0 Å². The van der Waals surface area contributed by atoms with Gasteiger partial charge in [0.05, 0.1) is 19.9 Å². The second kappa shape index (κ2) is 6.85. The number of hydrogen-bond donors (Lipinski definition) is 0. The number of rotatable bonds is 3. The van der Waals surface area contributed by atoms with E-state index in [0.29, 0.717) is 26.2 Å². The van der Waals surface area contributed by atoms with Crippen LogP contribution in [-0.2, 0) is 9.59 Å². The predicted octanol–water partition coefficient (Wildman–Crippen LogP) is 2.89. The van der Waals surface area contributed by atoms with Crippen LogP contribution in [0, 0.1) is 6.92 Å². The lowest BCUT2D eigenvalue weighted by atomic mass is 10.2. The Kier molecular flexibility index (Phi) is 4.54. The molecule has 0 unspecified atom stereocenters. The molecule has 4 rings (SSSR count). The summed E-state index contributed by atoms with van der Waals surface area (Å²) in [6.45, 7) is 5.85. The van der Waals surface area contributed by atoms with E-state index in [4.69, 9.17) is 4.74 Å². The second-order valence-electron chi connectivity index (χ2n) is 6.29. The van der Waals surface area contributed by atoms with Gasteiger partial charge >= 0.3 is 0 Å². The topological polar surface area (TPSA) is 62.7 Å². The number of thiazole rings is 1. The normalized spacial score (nSPS) is 15.0. The molecule has 1 aliphatic rings. The van der Waals surface area contributed by atoms with Crippen molar-refractivity contribution >= 4 is 54.8 Å². The van der Waals surface area contributed by atoms with Crippen LogP contribution in [0.15, 0.2) is 17.5 Å². The van der Waals surface area contributed by atoms with E-state index in [0.717, 1.165) is 31.1 Å². The van der Waals surface area contributed by atoms with Gasteiger partial charge in [0.1, 0.15) is 5.75 Å². The molecule has 0 spiro atoms. The lowest BCUT2D eigenvalue weighted by Gasteiger charge is -2.34. The Morgan fingerprint density at radius 3 is 2.69 bits per heavy atom. The molecule has 0 radical (unpaired) electrons. The molecule has 0 saturated carbocycles. The maximum Gasteiger partial charge on any atom is 0.260 e. The van der Waals surface area contributed by atoms with Gasteiger partial charge in [-0.2, -0.15) is 0 Å². The number of amides is 2. The molecule has 3 heterocycles. The summed E-state index contributed by atoms with van der Waals surface area (Å²) in [6, 6.07) is 4.00. The summed E-state index contributed by atoms with van der Waals surface area (Å²) >= 11 is 3.27. The van der Waals surface area contributed by atoms with Crippen LogP contribution >= 0.6 is 22.7 Å². The zero-order valence-electron chi connectivity index (χ0n) is 14.7. The van der Waals surface area contributed by atoms with E-state index in [1.807, 2.05) is 24.4 Å². The van der Waals surface area contributed by atoms with Gasteiger partial charge in [-0.3, -0.25) is 9.59 Å². The van der Waals surface area contributed by atoms with Crippen LogP contribution in [0.3, 0.4) is 0 Å². The standard InChI is InChI=1S/C18H19N3O3S2/c1-11-19-17-15(26-11)9-14(13-3-8-25-18(13)17)24-10-16(23)21-6-4-20(5-7-21)12(2)22/h3,8-9H,4-7,10H2,1-2H3. The van der Waals surface area contributed by atoms with E-state index in [1.54, 1.807) is 39.4 Å². The summed E-state index contributed by atoms with van der Waals surface area (Å²) in [5, 5.41) is 4.04. The minimum atomic E-state index is -0.0443. The second-order valence-corrected chi connectivity index (χ2v) is 8.44. The summed E-state index contributed by atoms with van der Waals surface area (Å²) < 4.78 is 8.08. The Morgan fingerprint density at radius 1 is 1.23 bits per heavy atom. The summed E-state index contributed by atoms with van der Waals surface area (Å²) in [5.74, 6) is 0.742. The van der Waals surface area contributed by atoms with E-state index in [1.165, 1.54) is 0 Å². The van der Waals surface area contributed by atoms with Gasteiger partial charge in [-0.15, -0.1) is 22.7 Å².